The first-order valence-electron chi connectivity index (χ1n) is 5.06. The Hall–Kier alpha value is -1.26. The van der Waals surface area contributed by atoms with Gasteiger partial charge in [0.2, 0.25) is 0 Å². The summed E-state index contributed by atoms with van der Waals surface area (Å²) >= 11 is 0. The maximum atomic E-state index is 12.9. The van der Waals surface area contributed by atoms with E-state index >= 15 is 0 Å². The van der Waals surface area contributed by atoms with Crippen LogP contribution in [0.4, 0.5) is 13.2 Å². The maximum Gasteiger partial charge on any atom is 0.421 e. The summed E-state index contributed by atoms with van der Waals surface area (Å²) in [4.78, 5) is 3.79. The first-order valence-corrected chi connectivity index (χ1v) is 5.06. The van der Waals surface area contributed by atoms with E-state index in [0.717, 1.165) is 0 Å². The Balaban J connectivity index is 3.35. The molecular formula is C11H14F3NO. The zero-order chi connectivity index (χ0) is 12.3. The molecule has 1 heterocycles. The topological polar surface area (TPSA) is 22.1 Å². The predicted molar refractivity (Wildman–Crippen MR) is 54.5 cm³/mol. The standard InChI is InChI=1S/C11H14F3NO/c1-4-16-8-5-6-15-10(7(2)3)9(8)11(12,13)14/h5-7H,4H2,1-3H3. The van der Waals surface area contributed by atoms with Crippen molar-refractivity contribution in [2.75, 3.05) is 6.61 Å². The fourth-order valence-electron chi connectivity index (χ4n) is 1.46. The van der Waals surface area contributed by atoms with E-state index in [-0.39, 0.29) is 24.0 Å². The van der Waals surface area contributed by atoms with Crippen LogP contribution in [0, 0.1) is 0 Å². The Morgan fingerprint density at radius 3 is 2.44 bits per heavy atom. The highest BCUT2D eigenvalue weighted by molar-refractivity contribution is 5.39. The summed E-state index contributed by atoms with van der Waals surface area (Å²) in [5.74, 6) is -0.439. The SMILES string of the molecule is CCOc1ccnc(C(C)C)c1C(F)(F)F. The monoisotopic (exact) mass is 233 g/mol. The van der Waals surface area contributed by atoms with Crippen molar-refractivity contribution in [3.63, 3.8) is 0 Å². The van der Waals surface area contributed by atoms with E-state index in [4.69, 9.17) is 4.74 Å². The first-order chi connectivity index (χ1) is 7.38. The Morgan fingerprint density at radius 1 is 1.38 bits per heavy atom. The number of rotatable bonds is 3. The number of ether oxygens (including phenoxy) is 1. The molecule has 0 radical (unpaired) electrons. The molecule has 0 amide bonds. The van der Waals surface area contributed by atoms with Crippen LogP contribution < -0.4 is 4.74 Å². The van der Waals surface area contributed by atoms with Gasteiger partial charge in [-0.3, -0.25) is 4.98 Å². The maximum absolute atomic E-state index is 12.9. The van der Waals surface area contributed by atoms with Crippen LogP contribution in [0.2, 0.25) is 0 Å². The number of alkyl halides is 3. The number of hydrogen-bond donors (Lipinski definition) is 0. The van der Waals surface area contributed by atoms with Crippen LogP contribution in [0.3, 0.4) is 0 Å². The van der Waals surface area contributed by atoms with Gasteiger partial charge in [0.25, 0.3) is 0 Å². The Labute approximate surface area is 92.5 Å². The average molecular weight is 233 g/mol. The van der Waals surface area contributed by atoms with Crippen LogP contribution in [-0.4, -0.2) is 11.6 Å². The molecule has 0 unspecified atom stereocenters. The van der Waals surface area contributed by atoms with Crippen molar-refractivity contribution in [2.24, 2.45) is 0 Å². The van der Waals surface area contributed by atoms with Gasteiger partial charge in [-0.05, 0) is 18.9 Å². The number of halogens is 3. The smallest absolute Gasteiger partial charge is 0.421 e. The molecule has 0 aromatic carbocycles. The first kappa shape index (κ1) is 12.8. The molecule has 0 spiro atoms. The zero-order valence-electron chi connectivity index (χ0n) is 9.43. The Bertz CT molecular complexity index is 361. The third kappa shape index (κ3) is 2.65. The second-order valence-electron chi connectivity index (χ2n) is 3.65. The molecule has 5 heteroatoms. The largest absolute Gasteiger partial charge is 0.493 e. The van der Waals surface area contributed by atoms with Gasteiger partial charge in [-0.15, -0.1) is 0 Å². The lowest BCUT2D eigenvalue weighted by atomic mass is 10.0. The minimum atomic E-state index is -4.43. The van der Waals surface area contributed by atoms with Gasteiger partial charge in [0, 0.05) is 6.20 Å². The van der Waals surface area contributed by atoms with Gasteiger partial charge in [0.15, 0.2) is 0 Å². The summed E-state index contributed by atoms with van der Waals surface area (Å²) in [6.45, 7) is 5.20. The molecule has 2 nitrogen and oxygen atoms in total. The normalized spacial score (nSPS) is 11.9. The van der Waals surface area contributed by atoms with Gasteiger partial charge in [-0.2, -0.15) is 13.2 Å². The lowest BCUT2D eigenvalue weighted by Crippen LogP contribution is -2.14. The minimum Gasteiger partial charge on any atom is -0.493 e. The van der Waals surface area contributed by atoms with Crippen LogP contribution in [0.15, 0.2) is 12.3 Å². The van der Waals surface area contributed by atoms with Crippen LogP contribution in [-0.2, 0) is 6.18 Å². The number of aromatic nitrogens is 1. The summed E-state index contributed by atoms with van der Waals surface area (Å²) in [5, 5.41) is 0. The fourth-order valence-corrected chi connectivity index (χ4v) is 1.46. The van der Waals surface area contributed by atoms with E-state index in [0.29, 0.717) is 0 Å². The lowest BCUT2D eigenvalue weighted by Gasteiger charge is -2.18. The zero-order valence-corrected chi connectivity index (χ0v) is 9.43. The van der Waals surface area contributed by atoms with E-state index < -0.39 is 11.7 Å². The van der Waals surface area contributed by atoms with Crippen LogP contribution in [0.1, 0.15) is 37.9 Å². The molecule has 1 aromatic heterocycles. The van der Waals surface area contributed by atoms with Gasteiger partial charge >= 0.3 is 6.18 Å². The second-order valence-corrected chi connectivity index (χ2v) is 3.65. The van der Waals surface area contributed by atoms with Crippen molar-refractivity contribution in [1.82, 2.24) is 4.98 Å². The van der Waals surface area contributed by atoms with Crippen molar-refractivity contribution >= 4 is 0 Å². The molecular weight excluding hydrogens is 219 g/mol. The lowest BCUT2D eigenvalue weighted by molar-refractivity contribution is -0.140. The molecule has 0 aliphatic carbocycles. The van der Waals surface area contributed by atoms with Crippen molar-refractivity contribution in [3.8, 4) is 5.75 Å². The number of pyridine rings is 1. The van der Waals surface area contributed by atoms with Crippen LogP contribution in [0.5, 0.6) is 5.75 Å². The Kier molecular flexibility index (Phi) is 3.78. The molecule has 1 aromatic rings. The van der Waals surface area contributed by atoms with E-state index in [1.807, 2.05) is 0 Å². The fraction of sp³-hybridized carbons (Fsp3) is 0.545. The molecule has 0 N–H and O–H groups in total. The molecule has 1 rings (SSSR count). The van der Waals surface area contributed by atoms with Crippen molar-refractivity contribution in [3.05, 3.63) is 23.5 Å². The Morgan fingerprint density at radius 2 is 2.00 bits per heavy atom. The molecule has 0 aliphatic rings. The van der Waals surface area contributed by atoms with E-state index in [1.54, 1.807) is 20.8 Å². The van der Waals surface area contributed by atoms with Gasteiger partial charge in [-0.1, -0.05) is 13.8 Å². The summed E-state index contributed by atoms with van der Waals surface area (Å²) in [5.41, 5.74) is -0.731. The van der Waals surface area contributed by atoms with Crippen molar-refractivity contribution in [1.29, 1.82) is 0 Å². The summed E-state index contributed by atoms with van der Waals surface area (Å²) < 4.78 is 43.6. The highest BCUT2D eigenvalue weighted by Gasteiger charge is 2.38. The van der Waals surface area contributed by atoms with Gasteiger partial charge in [0.05, 0.1) is 12.3 Å². The highest BCUT2D eigenvalue weighted by Crippen LogP contribution is 2.40. The molecule has 16 heavy (non-hydrogen) atoms. The van der Waals surface area contributed by atoms with Crippen molar-refractivity contribution < 1.29 is 17.9 Å². The van der Waals surface area contributed by atoms with Gasteiger partial charge in [0.1, 0.15) is 11.3 Å². The summed E-state index contributed by atoms with van der Waals surface area (Å²) in [6, 6.07) is 1.25. The molecule has 0 atom stereocenters. The van der Waals surface area contributed by atoms with Gasteiger partial charge in [-0.25, -0.2) is 0 Å². The predicted octanol–water partition coefficient (Wildman–Crippen LogP) is 3.62. The minimum absolute atomic E-state index is 0.0263. The third-order valence-electron chi connectivity index (χ3n) is 2.07. The molecule has 0 aliphatic heterocycles. The molecule has 0 bridgehead atoms. The molecule has 0 fully saturated rings. The number of nitrogens with zero attached hydrogens (tertiary/aromatic N) is 1. The van der Waals surface area contributed by atoms with E-state index in [1.165, 1.54) is 12.3 Å². The second kappa shape index (κ2) is 4.72. The summed E-state index contributed by atoms with van der Waals surface area (Å²) in [6.07, 6.45) is -3.09. The summed E-state index contributed by atoms with van der Waals surface area (Å²) in [7, 11) is 0. The molecule has 90 valence electrons. The van der Waals surface area contributed by atoms with Crippen LogP contribution >= 0.6 is 0 Å². The quantitative estimate of drug-likeness (QED) is 0.795. The van der Waals surface area contributed by atoms with E-state index in [2.05, 4.69) is 4.98 Å². The highest BCUT2D eigenvalue weighted by atomic mass is 19.4. The van der Waals surface area contributed by atoms with Crippen LogP contribution in [0.25, 0.3) is 0 Å². The number of hydrogen-bond acceptors (Lipinski definition) is 2. The van der Waals surface area contributed by atoms with Crippen molar-refractivity contribution in [2.45, 2.75) is 32.9 Å². The van der Waals surface area contributed by atoms with Gasteiger partial charge < -0.3 is 4.74 Å². The average Bonchev–Trinajstić information content (AvgIpc) is 2.16. The third-order valence-corrected chi connectivity index (χ3v) is 2.07. The molecule has 0 saturated carbocycles. The van der Waals surface area contributed by atoms with E-state index in [9.17, 15) is 13.2 Å². The molecule has 0 saturated heterocycles.